The number of benzene rings is 1. The highest BCUT2D eigenvalue weighted by molar-refractivity contribution is 7.09. The Balaban J connectivity index is 2.10. The summed E-state index contributed by atoms with van der Waals surface area (Å²) >= 11 is 1.37. The molecule has 100 valence electrons. The SMILES string of the molecule is Cc1nc(C(=O)Cc2ccc(C(F)(F)F)cc2)cs1. The van der Waals surface area contributed by atoms with Crippen LogP contribution in [0.2, 0.25) is 0 Å². The molecule has 0 radical (unpaired) electrons. The molecule has 1 aromatic heterocycles. The fourth-order valence-corrected chi connectivity index (χ4v) is 2.20. The van der Waals surface area contributed by atoms with E-state index in [9.17, 15) is 18.0 Å². The molecule has 19 heavy (non-hydrogen) atoms. The molecule has 0 fully saturated rings. The van der Waals surface area contributed by atoms with Gasteiger partial charge in [0.05, 0.1) is 10.6 Å². The maximum absolute atomic E-state index is 12.4. The van der Waals surface area contributed by atoms with Gasteiger partial charge in [-0.1, -0.05) is 12.1 Å². The molecule has 6 heteroatoms. The van der Waals surface area contributed by atoms with Crippen LogP contribution in [0.25, 0.3) is 0 Å². The molecule has 0 spiro atoms. The summed E-state index contributed by atoms with van der Waals surface area (Å²) in [6.07, 6.45) is -4.30. The first kappa shape index (κ1) is 13.7. The quantitative estimate of drug-likeness (QED) is 0.801. The monoisotopic (exact) mass is 285 g/mol. The van der Waals surface area contributed by atoms with E-state index in [1.54, 1.807) is 12.3 Å². The number of thiazole rings is 1. The molecule has 0 aliphatic rings. The predicted octanol–water partition coefficient (Wildman–Crippen LogP) is 3.90. The number of Topliss-reactive ketones (excluding diaryl/α,β-unsaturated/α-hetero) is 1. The Morgan fingerprint density at radius 2 is 1.89 bits per heavy atom. The summed E-state index contributed by atoms with van der Waals surface area (Å²) in [6, 6.07) is 4.60. The number of rotatable bonds is 3. The van der Waals surface area contributed by atoms with Crippen molar-refractivity contribution in [2.24, 2.45) is 0 Å². The van der Waals surface area contributed by atoms with Crippen molar-refractivity contribution in [3.05, 3.63) is 51.5 Å². The zero-order valence-electron chi connectivity index (χ0n) is 9.99. The molecule has 0 atom stereocenters. The highest BCUT2D eigenvalue weighted by atomic mass is 32.1. The van der Waals surface area contributed by atoms with Crippen LogP contribution in [0.3, 0.4) is 0 Å². The van der Waals surface area contributed by atoms with Crippen LogP contribution in [-0.2, 0) is 12.6 Å². The molecule has 0 saturated heterocycles. The van der Waals surface area contributed by atoms with Gasteiger partial charge in [0.25, 0.3) is 0 Å². The number of carbonyl (C=O) groups excluding carboxylic acids is 1. The van der Waals surface area contributed by atoms with Crippen LogP contribution >= 0.6 is 11.3 Å². The molecular formula is C13H10F3NOS. The number of halogens is 3. The van der Waals surface area contributed by atoms with E-state index in [4.69, 9.17) is 0 Å². The zero-order chi connectivity index (χ0) is 14.0. The van der Waals surface area contributed by atoms with Gasteiger partial charge in [0, 0.05) is 11.8 Å². The van der Waals surface area contributed by atoms with Crippen LogP contribution in [0.5, 0.6) is 0 Å². The number of hydrogen-bond acceptors (Lipinski definition) is 3. The maximum atomic E-state index is 12.4. The number of ketones is 1. The second kappa shape index (κ2) is 5.13. The smallest absolute Gasteiger partial charge is 0.292 e. The van der Waals surface area contributed by atoms with Crippen LogP contribution in [0.1, 0.15) is 26.6 Å². The lowest BCUT2D eigenvalue weighted by atomic mass is 10.1. The first-order chi connectivity index (χ1) is 8.86. The minimum Gasteiger partial charge on any atom is -0.292 e. The normalized spacial score (nSPS) is 11.6. The summed E-state index contributed by atoms with van der Waals surface area (Å²) in [5.41, 5.74) is 0.194. The van der Waals surface area contributed by atoms with Crippen LogP contribution in [0, 0.1) is 6.92 Å². The molecule has 0 N–H and O–H groups in total. The number of nitrogens with zero attached hydrogens (tertiary/aromatic N) is 1. The fraction of sp³-hybridized carbons (Fsp3) is 0.231. The minimum absolute atomic E-state index is 0.0569. The summed E-state index contributed by atoms with van der Waals surface area (Å²) in [4.78, 5) is 15.9. The van der Waals surface area contributed by atoms with Crippen molar-refractivity contribution in [2.45, 2.75) is 19.5 Å². The summed E-state index contributed by atoms with van der Waals surface area (Å²) in [5.74, 6) is -0.191. The Morgan fingerprint density at radius 3 is 2.37 bits per heavy atom. The summed E-state index contributed by atoms with van der Waals surface area (Å²) in [5, 5.41) is 2.44. The van der Waals surface area contributed by atoms with Crippen LogP contribution in [0.4, 0.5) is 13.2 Å². The predicted molar refractivity (Wildman–Crippen MR) is 66.3 cm³/mol. The topological polar surface area (TPSA) is 30.0 Å². The first-order valence-corrected chi connectivity index (χ1v) is 6.35. The maximum Gasteiger partial charge on any atom is 0.416 e. The van der Waals surface area contributed by atoms with Gasteiger partial charge in [-0.15, -0.1) is 11.3 Å². The van der Waals surface area contributed by atoms with Gasteiger partial charge in [0.15, 0.2) is 5.78 Å². The van der Waals surface area contributed by atoms with Crippen molar-refractivity contribution >= 4 is 17.1 Å². The van der Waals surface area contributed by atoms with Gasteiger partial charge >= 0.3 is 6.18 Å². The third-order valence-corrected chi connectivity index (χ3v) is 3.32. The van der Waals surface area contributed by atoms with Crippen molar-refractivity contribution in [2.75, 3.05) is 0 Å². The number of alkyl halides is 3. The molecule has 2 rings (SSSR count). The highest BCUT2D eigenvalue weighted by Gasteiger charge is 2.29. The van der Waals surface area contributed by atoms with Crippen molar-refractivity contribution < 1.29 is 18.0 Å². The fourth-order valence-electron chi connectivity index (χ4n) is 1.58. The lowest BCUT2D eigenvalue weighted by Gasteiger charge is -2.06. The van der Waals surface area contributed by atoms with E-state index in [0.29, 0.717) is 11.3 Å². The van der Waals surface area contributed by atoms with E-state index >= 15 is 0 Å². The Morgan fingerprint density at radius 1 is 1.26 bits per heavy atom. The molecule has 2 aromatic rings. The van der Waals surface area contributed by atoms with Gasteiger partial charge in [0.1, 0.15) is 5.69 Å². The average molecular weight is 285 g/mol. The second-order valence-electron chi connectivity index (χ2n) is 4.05. The average Bonchev–Trinajstić information content (AvgIpc) is 2.75. The molecule has 1 aromatic carbocycles. The molecule has 1 heterocycles. The Labute approximate surface area is 111 Å². The number of aryl methyl sites for hydroxylation is 1. The van der Waals surface area contributed by atoms with E-state index in [-0.39, 0.29) is 12.2 Å². The zero-order valence-corrected chi connectivity index (χ0v) is 10.8. The minimum atomic E-state index is -4.35. The molecule has 0 saturated carbocycles. The van der Waals surface area contributed by atoms with Gasteiger partial charge in [0.2, 0.25) is 0 Å². The van der Waals surface area contributed by atoms with E-state index in [2.05, 4.69) is 4.98 Å². The van der Waals surface area contributed by atoms with Gasteiger partial charge in [-0.25, -0.2) is 4.98 Å². The van der Waals surface area contributed by atoms with E-state index in [1.807, 2.05) is 0 Å². The lowest BCUT2D eigenvalue weighted by molar-refractivity contribution is -0.137. The van der Waals surface area contributed by atoms with Gasteiger partial charge in [-0.3, -0.25) is 4.79 Å². The summed E-state index contributed by atoms with van der Waals surface area (Å²) < 4.78 is 37.1. The highest BCUT2D eigenvalue weighted by Crippen LogP contribution is 2.29. The van der Waals surface area contributed by atoms with Crippen molar-refractivity contribution in [1.29, 1.82) is 0 Å². The Hall–Kier alpha value is -1.69. The van der Waals surface area contributed by atoms with Crippen LogP contribution in [-0.4, -0.2) is 10.8 Å². The Kier molecular flexibility index (Phi) is 3.71. The lowest BCUT2D eigenvalue weighted by Crippen LogP contribution is -2.07. The van der Waals surface area contributed by atoms with E-state index in [1.165, 1.54) is 23.5 Å². The summed E-state index contributed by atoms with van der Waals surface area (Å²) in [7, 11) is 0. The Bertz CT molecular complexity index is 587. The van der Waals surface area contributed by atoms with Crippen molar-refractivity contribution in [1.82, 2.24) is 4.98 Å². The second-order valence-corrected chi connectivity index (χ2v) is 5.11. The molecule has 0 amide bonds. The third-order valence-electron chi connectivity index (χ3n) is 2.55. The molecule has 0 bridgehead atoms. The van der Waals surface area contributed by atoms with Crippen LogP contribution < -0.4 is 0 Å². The molecule has 2 nitrogen and oxygen atoms in total. The number of carbonyl (C=O) groups is 1. The van der Waals surface area contributed by atoms with Gasteiger partial charge < -0.3 is 0 Å². The molecule has 0 aliphatic heterocycles. The first-order valence-electron chi connectivity index (χ1n) is 5.48. The largest absolute Gasteiger partial charge is 0.416 e. The number of hydrogen-bond donors (Lipinski definition) is 0. The summed E-state index contributed by atoms with van der Waals surface area (Å²) in [6.45, 7) is 1.79. The van der Waals surface area contributed by atoms with Crippen molar-refractivity contribution in [3.63, 3.8) is 0 Å². The standard InChI is InChI=1S/C13H10F3NOS/c1-8-17-11(7-19-8)12(18)6-9-2-4-10(5-3-9)13(14,15)16/h2-5,7H,6H2,1H3. The molecular weight excluding hydrogens is 275 g/mol. The van der Waals surface area contributed by atoms with Gasteiger partial charge in [-0.05, 0) is 24.6 Å². The van der Waals surface area contributed by atoms with Crippen molar-refractivity contribution in [3.8, 4) is 0 Å². The van der Waals surface area contributed by atoms with E-state index < -0.39 is 11.7 Å². The third kappa shape index (κ3) is 3.41. The molecule has 0 unspecified atom stereocenters. The van der Waals surface area contributed by atoms with Crippen LogP contribution in [0.15, 0.2) is 29.6 Å². The molecule has 0 aliphatic carbocycles. The number of aromatic nitrogens is 1. The van der Waals surface area contributed by atoms with E-state index in [0.717, 1.165) is 17.1 Å². The van der Waals surface area contributed by atoms with Gasteiger partial charge in [-0.2, -0.15) is 13.2 Å².